The van der Waals surface area contributed by atoms with E-state index in [2.05, 4.69) is 15.9 Å². The van der Waals surface area contributed by atoms with Gasteiger partial charge in [0.2, 0.25) is 0 Å². The number of hydrogen-bond acceptors (Lipinski definition) is 6. The Hall–Kier alpha value is -2.29. The van der Waals surface area contributed by atoms with Gasteiger partial charge in [-0.3, -0.25) is 0 Å². The fourth-order valence-corrected chi connectivity index (χ4v) is 2.52. The number of carboxylic acids is 1. The fraction of sp³-hybridized carbons (Fsp3) is 0.500. The van der Waals surface area contributed by atoms with Crippen molar-refractivity contribution in [1.82, 2.24) is 0 Å². The molecule has 1 aromatic rings. The van der Waals surface area contributed by atoms with Crippen LogP contribution in [-0.2, 0) is 9.47 Å². The number of rotatable bonds is 3. The van der Waals surface area contributed by atoms with Crippen LogP contribution in [-0.4, -0.2) is 41.6 Å². The first-order valence-electron chi connectivity index (χ1n) is 8.04. The van der Waals surface area contributed by atoms with E-state index in [9.17, 15) is 19.5 Å². The molecule has 1 aromatic carbocycles. The number of amides is 2. The third-order valence-electron chi connectivity index (χ3n) is 2.90. The van der Waals surface area contributed by atoms with Gasteiger partial charge in [0.1, 0.15) is 22.5 Å². The monoisotopic (exact) mass is 445 g/mol. The van der Waals surface area contributed by atoms with Crippen molar-refractivity contribution in [2.45, 2.75) is 52.7 Å². The number of benzene rings is 1. The van der Waals surface area contributed by atoms with Gasteiger partial charge >= 0.3 is 18.2 Å². The first-order valence-corrected chi connectivity index (χ1v) is 8.83. The van der Waals surface area contributed by atoms with Gasteiger partial charge in [-0.05, 0) is 69.6 Å². The molecule has 0 fully saturated rings. The van der Waals surface area contributed by atoms with E-state index < -0.39 is 29.4 Å². The second-order valence-corrected chi connectivity index (χ2v) is 8.43. The zero-order chi connectivity index (χ0) is 21.2. The zero-order valence-electron chi connectivity index (χ0n) is 16.4. The first kappa shape index (κ1) is 22.8. The predicted molar refractivity (Wildman–Crippen MR) is 103 cm³/mol. The SMILES string of the molecule is COc1c(Br)ccc(N(C(=O)OC(C)(C)C)C(=O)OC(C)(C)C)c1C(=O)O. The van der Waals surface area contributed by atoms with Gasteiger partial charge < -0.3 is 19.3 Å². The summed E-state index contributed by atoms with van der Waals surface area (Å²) >= 11 is 3.19. The smallest absolute Gasteiger partial charge is 0.424 e. The molecule has 1 N–H and O–H groups in total. The number of imide groups is 1. The first-order chi connectivity index (χ1) is 12.2. The largest absolute Gasteiger partial charge is 0.495 e. The van der Waals surface area contributed by atoms with Crippen LogP contribution in [0.4, 0.5) is 15.3 Å². The number of halogens is 1. The van der Waals surface area contributed by atoms with Crippen molar-refractivity contribution in [3.05, 3.63) is 22.2 Å². The molecule has 150 valence electrons. The van der Waals surface area contributed by atoms with Crippen LogP contribution in [0.3, 0.4) is 0 Å². The molecular formula is C18H24BrNO7. The quantitative estimate of drug-likeness (QED) is 0.709. The van der Waals surface area contributed by atoms with E-state index in [0.29, 0.717) is 9.37 Å². The second kappa shape index (κ2) is 8.16. The van der Waals surface area contributed by atoms with Crippen LogP contribution in [0.5, 0.6) is 5.75 Å². The molecule has 0 aliphatic carbocycles. The molecule has 0 saturated carbocycles. The number of carbonyl (C=O) groups is 3. The van der Waals surface area contributed by atoms with Crippen LogP contribution >= 0.6 is 15.9 Å². The number of carbonyl (C=O) groups excluding carboxylic acids is 2. The van der Waals surface area contributed by atoms with Gasteiger partial charge in [-0.15, -0.1) is 0 Å². The number of nitrogens with zero attached hydrogens (tertiary/aromatic N) is 1. The number of carboxylic acid groups (broad SMARTS) is 1. The molecule has 0 atom stereocenters. The van der Waals surface area contributed by atoms with E-state index in [1.165, 1.54) is 19.2 Å². The van der Waals surface area contributed by atoms with Gasteiger partial charge in [0.05, 0.1) is 17.3 Å². The Bertz CT molecular complexity index is 719. The van der Waals surface area contributed by atoms with Crippen molar-refractivity contribution in [2.75, 3.05) is 12.0 Å². The van der Waals surface area contributed by atoms with Crippen molar-refractivity contribution in [2.24, 2.45) is 0 Å². The molecule has 2 amide bonds. The Labute approximate surface area is 166 Å². The lowest BCUT2D eigenvalue weighted by atomic mass is 10.1. The van der Waals surface area contributed by atoms with Gasteiger partial charge in [-0.25, -0.2) is 14.4 Å². The molecule has 0 heterocycles. The van der Waals surface area contributed by atoms with Crippen molar-refractivity contribution in [1.29, 1.82) is 0 Å². The van der Waals surface area contributed by atoms with Crippen molar-refractivity contribution >= 4 is 39.8 Å². The van der Waals surface area contributed by atoms with Gasteiger partial charge in [0, 0.05) is 0 Å². The standard InChI is InChI=1S/C18H24BrNO7/c1-17(2,3)26-15(23)20(16(24)27-18(4,5)6)11-9-8-10(19)13(25-7)12(11)14(21)22/h8-9H,1-7H3,(H,21,22). The topological polar surface area (TPSA) is 102 Å². The summed E-state index contributed by atoms with van der Waals surface area (Å²) in [6.45, 7) is 9.74. The molecule has 0 aromatic heterocycles. The highest BCUT2D eigenvalue weighted by Crippen LogP contribution is 2.37. The third kappa shape index (κ3) is 6.13. The molecule has 0 saturated heterocycles. The summed E-state index contributed by atoms with van der Waals surface area (Å²) in [5, 5.41) is 9.65. The van der Waals surface area contributed by atoms with E-state index in [0.717, 1.165) is 0 Å². The zero-order valence-corrected chi connectivity index (χ0v) is 18.0. The summed E-state index contributed by atoms with van der Waals surface area (Å²) in [6, 6.07) is 2.76. The molecule has 0 aliphatic heterocycles. The maximum absolute atomic E-state index is 12.7. The molecular weight excluding hydrogens is 422 g/mol. The molecule has 0 bridgehead atoms. The summed E-state index contributed by atoms with van der Waals surface area (Å²) in [5.74, 6) is -1.43. The Morgan fingerprint density at radius 2 is 1.41 bits per heavy atom. The average molecular weight is 446 g/mol. The number of methoxy groups -OCH3 is 1. The normalized spacial score (nSPS) is 11.6. The summed E-state index contributed by atoms with van der Waals surface area (Å²) in [6.07, 6.45) is -2.13. The molecule has 1 rings (SSSR count). The fourth-order valence-electron chi connectivity index (χ4n) is 2.03. The van der Waals surface area contributed by atoms with E-state index in [1.54, 1.807) is 41.5 Å². The Balaban J connectivity index is 3.63. The molecule has 0 radical (unpaired) electrons. The maximum atomic E-state index is 12.7. The van der Waals surface area contributed by atoms with Crippen LogP contribution in [0.1, 0.15) is 51.9 Å². The van der Waals surface area contributed by atoms with Crippen LogP contribution in [0.25, 0.3) is 0 Å². The van der Waals surface area contributed by atoms with E-state index in [4.69, 9.17) is 14.2 Å². The number of ether oxygens (including phenoxy) is 3. The van der Waals surface area contributed by atoms with Crippen molar-refractivity contribution in [3.63, 3.8) is 0 Å². The predicted octanol–water partition coefficient (Wildman–Crippen LogP) is 4.83. The van der Waals surface area contributed by atoms with E-state index in [1.807, 2.05) is 0 Å². The van der Waals surface area contributed by atoms with E-state index in [-0.39, 0.29) is 17.0 Å². The highest BCUT2D eigenvalue weighted by atomic mass is 79.9. The molecule has 0 spiro atoms. The third-order valence-corrected chi connectivity index (χ3v) is 3.52. The minimum absolute atomic E-state index is 0.0443. The lowest BCUT2D eigenvalue weighted by Crippen LogP contribution is -2.44. The summed E-state index contributed by atoms with van der Waals surface area (Å²) < 4.78 is 16.0. The van der Waals surface area contributed by atoms with Crippen LogP contribution in [0.2, 0.25) is 0 Å². The van der Waals surface area contributed by atoms with Gasteiger partial charge in [-0.2, -0.15) is 4.90 Å². The molecule has 9 heteroatoms. The van der Waals surface area contributed by atoms with Crippen LogP contribution in [0.15, 0.2) is 16.6 Å². The number of hydrogen-bond donors (Lipinski definition) is 1. The maximum Gasteiger partial charge on any atom is 0.424 e. The lowest BCUT2D eigenvalue weighted by Gasteiger charge is -2.29. The Morgan fingerprint density at radius 1 is 0.963 bits per heavy atom. The summed E-state index contributed by atoms with van der Waals surface area (Å²) in [5.41, 5.74) is -2.45. The van der Waals surface area contributed by atoms with E-state index >= 15 is 0 Å². The van der Waals surface area contributed by atoms with Crippen molar-refractivity contribution < 1.29 is 33.7 Å². The summed E-state index contributed by atoms with van der Waals surface area (Å²) in [7, 11) is 1.28. The highest BCUT2D eigenvalue weighted by Gasteiger charge is 2.36. The number of aromatic carboxylic acids is 1. The van der Waals surface area contributed by atoms with Crippen LogP contribution in [0, 0.1) is 0 Å². The molecule has 0 aliphatic rings. The van der Waals surface area contributed by atoms with Crippen molar-refractivity contribution in [3.8, 4) is 5.75 Å². The minimum Gasteiger partial charge on any atom is -0.495 e. The molecule has 0 unspecified atom stereocenters. The second-order valence-electron chi connectivity index (χ2n) is 7.58. The summed E-state index contributed by atoms with van der Waals surface area (Å²) in [4.78, 5) is 37.8. The van der Waals surface area contributed by atoms with Gasteiger partial charge in [-0.1, -0.05) is 0 Å². The van der Waals surface area contributed by atoms with Gasteiger partial charge in [0.15, 0.2) is 0 Å². The highest BCUT2D eigenvalue weighted by molar-refractivity contribution is 9.10. The average Bonchev–Trinajstić information content (AvgIpc) is 2.44. The Kier molecular flexibility index (Phi) is 6.88. The lowest BCUT2D eigenvalue weighted by molar-refractivity contribution is 0.0430. The van der Waals surface area contributed by atoms with Gasteiger partial charge in [0.25, 0.3) is 0 Å². The molecule has 27 heavy (non-hydrogen) atoms. The Morgan fingerprint density at radius 3 is 1.74 bits per heavy atom. The number of anilines is 1. The molecule has 8 nitrogen and oxygen atoms in total. The van der Waals surface area contributed by atoms with Crippen LogP contribution < -0.4 is 9.64 Å². The minimum atomic E-state index is -1.39.